The van der Waals surface area contributed by atoms with E-state index in [1.165, 1.54) is 22.7 Å². The second-order valence-corrected chi connectivity index (χ2v) is 11.3. The minimum atomic E-state index is -0.937. The van der Waals surface area contributed by atoms with Crippen LogP contribution in [0.25, 0.3) is 5.65 Å². The van der Waals surface area contributed by atoms with Crippen LogP contribution in [0, 0.1) is 5.92 Å². The van der Waals surface area contributed by atoms with Crippen molar-refractivity contribution in [2.45, 2.75) is 59.5 Å². The van der Waals surface area contributed by atoms with Crippen molar-refractivity contribution in [3.8, 4) is 5.75 Å². The number of ether oxygens (including phenoxy) is 1. The van der Waals surface area contributed by atoms with E-state index in [0.717, 1.165) is 5.56 Å². The summed E-state index contributed by atoms with van der Waals surface area (Å²) in [5, 5.41) is 11.8. The zero-order valence-electron chi connectivity index (χ0n) is 25.0. The molecule has 0 bridgehead atoms. The molecule has 13 heteroatoms. The second kappa shape index (κ2) is 12.6. The fourth-order valence-electron chi connectivity index (χ4n) is 5.25. The van der Waals surface area contributed by atoms with Crippen LogP contribution in [0.3, 0.4) is 0 Å². The number of fused-ring (bicyclic) bond motifs is 2. The van der Waals surface area contributed by atoms with Gasteiger partial charge in [-0.25, -0.2) is 14.3 Å². The topological polar surface area (TPSA) is 160 Å². The minimum absolute atomic E-state index is 0.0294. The molecule has 0 unspecified atom stereocenters. The van der Waals surface area contributed by atoms with Crippen LogP contribution in [0.4, 0.5) is 0 Å². The zero-order valence-corrected chi connectivity index (χ0v) is 25.0. The highest BCUT2D eigenvalue weighted by Gasteiger charge is 2.33. The SMILES string of the molecule is CC(C)[C@H](NC(=O)c1cccn2c(=O)[nH]nc12)C(=O)NCc1cc(=O)c(OCc2ccccc2)c2n1CCN(C(C)C)C2=O. The lowest BCUT2D eigenvalue weighted by Gasteiger charge is -2.35. The standard InChI is InChI=1S/C31H35N7O6/c1-18(2)24(33-28(40)22-11-8-12-38-27(22)34-35-31(38)43)29(41)32-16-21-15-23(39)26(44-17-20-9-6-5-7-10-20)25-30(42)36(19(3)4)13-14-37(21)25/h5-12,15,18-19,24H,13-14,16-17H2,1-4H3,(H,32,41)(H,33,40)(H,35,43)/t24-/m0/s1. The number of amides is 3. The van der Waals surface area contributed by atoms with Gasteiger partial charge in [0, 0.05) is 37.1 Å². The molecular formula is C31H35N7O6. The Bertz CT molecular complexity index is 1820. The first-order valence-electron chi connectivity index (χ1n) is 14.5. The molecule has 3 N–H and O–H groups in total. The third-order valence-corrected chi connectivity index (χ3v) is 7.60. The molecule has 44 heavy (non-hydrogen) atoms. The Labute approximate surface area is 252 Å². The minimum Gasteiger partial charge on any atom is -0.483 e. The Hall–Kier alpha value is -5.20. The van der Waals surface area contributed by atoms with E-state index in [0.29, 0.717) is 18.8 Å². The molecule has 1 aliphatic rings. The summed E-state index contributed by atoms with van der Waals surface area (Å²) in [6, 6.07) is 12.8. The van der Waals surface area contributed by atoms with Gasteiger partial charge in [-0.1, -0.05) is 44.2 Å². The lowest BCUT2D eigenvalue weighted by molar-refractivity contribution is -0.124. The van der Waals surface area contributed by atoms with Gasteiger partial charge in [-0.3, -0.25) is 19.2 Å². The molecule has 3 aromatic heterocycles. The zero-order chi connectivity index (χ0) is 31.5. The number of benzene rings is 1. The number of carbonyl (C=O) groups is 3. The highest BCUT2D eigenvalue weighted by atomic mass is 16.5. The van der Waals surface area contributed by atoms with Crippen LogP contribution in [0.1, 0.15) is 59.8 Å². The number of hydrogen-bond donors (Lipinski definition) is 3. The number of nitrogens with one attached hydrogen (secondary N) is 3. The number of carbonyl (C=O) groups excluding carboxylic acids is 3. The average molecular weight is 602 g/mol. The summed E-state index contributed by atoms with van der Waals surface area (Å²) in [5.74, 6) is -1.70. The van der Waals surface area contributed by atoms with Crippen molar-refractivity contribution in [3.63, 3.8) is 0 Å². The van der Waals surface area contributed by atoms with E-state index in [1.54, 1.807) is 29.4 Å². The molecule has 4 aromatic rings. The molecule has 0 spiro atoms. The number of pyridine rings is 2. The Balaban J connectivity index is 1.38. The average Bonchev–Trinajstić information content (AvgIpc) is 3.39. The predicted molar refractivity (Wildman–Crippen MR) is 161 cm³/mol. The number of nitrogens with zero attached hydrogens (tertiary/aromatic N) is 4. The normalized spacial score (nSPS) is 13.7. The molecule has 5 rings (SSSR count). The molecule has 0 aliphatic carbocycles. The molecule has 230 valence electrons. The van der Waals surface area contributed by atoms with Crippen LogP contribution in [-0.4, -0.2) is 60.4 Å². The van der Waals surface area contributed by atoms with E-state index in [-0.39, 0.29) is 53.7 Å². The first-order valence-corrected chi connectivity index (χ1v) is 14.5. The van der Waals surface area contributed by atoms with Gasteiger partial charge in [0.25, 0.3) is 11.8 Å². The van der Waals surface area contributed by atoms with E-state index in [2.05, 4.69) is 20.8 Å². The van der Waals surface area contributed by atoms with Gasteiger partial charge >= 0.3 is 5.69 Å². The number of H-pyrrole nitrogens is 1. The summed E-state index contributed by atoms with van der Waals surface area (Å²) in [6.45, 7) is 8.28. The maximum absolute atomic E-state index is 13.6. The fourth-order valence-corrected chi connectivity index (χ4v) is 5.25. The summed E-state index contributed by atoms with van der Waals surface area (Å²) in [7, 11) is 0. The number of hydrogen-bond acceptors (Lipinski definition) is 7. The molecule has 0 saturated heterocycles. The van der Waals surface area contributed by atoms with Gasteiger partial charge in [0.2, 0.25) is 11.3 Å². The van der Waals surface area contributed by atoms with Gasteiger partial charge in [0.05, 0.1) is 12.1 Å². The van der Waals surface area contributed by atoms with E-state index in [4.69, 9.17) is 4.74 Å². The monoisotopic (exact) mass is 601 g/mol. The van der Waals surface area contributed by atoms with Crippen LogP contribution in [0.5, 0.6) is 5.75 Å². The third kappa shape index (κ3) is 5.98. The molecule has 0 saturated carbocycles. The molecule has 1 aliphatic heterocycles. The van der Waals surface area contributed by atoms with Crippen molar-refractivity contribution in [1.29, 1.82) is 0 Å². The Morgan fingerprint density at radius 3 is 2.48 bits per heavy atom. The predicted octanol–water partition coefficient (Wildman–Crippen LogP) is 1.70. The number of aromatic nitrogens is 4. The van der Waals surface area contributed by atoms with E-state index in [9.17, 15) is 24.0 Å². The van der Waals surface area contributed by atoms with Crippen molar-refractivity contribution in [3.05, 3.63) is 98.0 Å². The summed E-state index contributed by atoms with van der Waals surface area (Å²) >= 11 is 0. The summed E-state index contributed by atoms with van der Waals surface area (Å²) in [5.41, 5.74) is 0.751. The van der Waals surface area contributed by atoms with Crippen molar-refractivity contribution < 1.29 is 19.1 Å². The van der Waals surface area contributed by atoms with Crippen LogP contribution in [-0.2, 0) is 24.5 Å². The highest BCUT2D eigenvalue weighted by Crippen LogP contribution is 2.24. The molecule has 13 nitrogen and oxygen atoms in total. The number of aromatic amines is 1. The van der Waals surface area contributed by atoms with Crippen LogP contribution < -0.4 is 26.5 Å². The van der Waals surface area contributed by atoms with Crippen LogP contribution >= 0.6 is 0 Å². The van der Waals surface area contributed by atoms with Crippen molar-refractivity contribution in [2.24, 2.45) is 5.92 Å². The maximum atomic E-state index is 13.6. The van der Waals surface area contributed by atoms with Crippen molar-refractivity contribution in [2.75, 3.05) is 6.54 Å². The van der Waals surface area contributed by atoms with Crippen LogP contribution in [0.15, 0.2) is 64.3 Å². The van der Waals surface area contributed by atoms with Gasteiger partial charge in [-0.15, -0.1) is 0 Å². The lowest BCUT2D eigenvalue weighted by Crippen LogP contribution is -2.50. The lowest BCUT2D eigenvalue weighted by atomic mass is 10.0. The van der Waals surface area contributed by atoms with Crippen molar-refractivity contribution >= 4 is 23.4 Å². The molecule has 1 aromatic carbocycles. The number of rotatable bonds is 10. The molecule has 0 fully saturated rings. The quantitative estimate of drug-likeness (QED) is 0.249. The smallest absolute Gasteiger partial charge is 0.347 e. The molecule has 1 atom stereocenters. The fraction of sp³-hybridized carbons (Fsp3) is 0.355. The van der Waals surface area contributed by atoms with E-state index < -0.39 is 29.0 Å². The highest BCUT2D eigenvalue weighted by molar-refractivity contribution is 6.02. The van der Waals surface area contributed by atoms with Crippen LogP contribution in [0.2, 0.25) is 0 Å². The van der Waals surface area contributed by atoms with E-state index in [1.807, 2.05) is 44.2 Å². The molecule has 4 heterocycles. The Morgan fingerprint density at radius 1 is 1.02 bits per heavy atom. The third-order valence-electron chi connectivity index (χ3n) is 7.60. The second-order valence-electron chi connectivity index (χ2n) is 11.3. The van der Waals surface area contributed by atoms with Gasteiger partial charge in [-0.05, 0) is 37.5 Å². The van der Waals surface area contributed by atoms with Gasteiger partial charge in [0.15, 0.2) is 17.1 Å². The van der Waals surface area contributed by atoms with Gasteiger partial charge in [0.1, 0.15) is 12.6 Å². The summed E-state index contributed by atoms with van der Waals surface area (Å²) in [4.78, 5) is 67.1. The first kappa shape index (κ1) is 30.3. The molecule has 0 radical (unpaired) electrons. The molecular weight excluding hydrogens is 566 g/mol. The summed E-state index contributed by atoms with van der Waals surface area (Å²) < 4.78 is 8.87. The van der Waals surface area contributed by atoms with Gasteiger partial charge < -0.3 is 24.8 Å². The van der Waals surface area contributed by atoms with Gasteiger partial charge in [-0.2, -0.15) is 5.10 Å². The Kier molecular flexibility index (Phi) is 8.65. The first-order chi connectivity index (χ1) is 21.1. The Morgan fingerprint density at radius 2 is 1.77 bits per heavy atom. The van der Waals surface area contributed by atoms with E-state index >= 15 is 0 Å². The maximum Gasteiger partial charge on any atom is 0.347 e. The summed E-state index contributed by atoms with van der Waals surface area (Å²) in [6.07, 6.45) is 1.48. The molecule has 3 amide bonds. The largest absolute Gasteiger partial charge is 0.483 e. The van der Waals surface area contributed by atoms with Crippen molar-refractivity contribution in [1.82, 2.24) is 34.7 Å².